The lowest BCUT2D eigenvalue weighted by molar-refractivity contribution is -0.384. The second kappa shape index (κ2) is 5.07. The van der Waals surface area contributed by atoms with E-state index in [1.807, 2.05) is 12.1 Å². The van der Waals surface area contributed by atoms with Crippen LogP contribution in [-0.4, -0.2) is 10.0 Å². The van der Waals surface area contributed by atoms with E-state index in [9.17, 15) is 15.2 Å². The smallest absolute Gasteiger partial charge is 0.283 e. The van der Waals surface area contributed by atoms with Gasteiger partial charge in [-0.25, -0.2) is 0 Å². The van der Waals surface area contributed by atoms with Crippen molar-refractivity contribution in [1.82, 2.24) is 0 Å². The van der Waals surface area contributed by atoms with Crippen LogP contribution in [0.25, 0.3) is 11.1 Å². The minimum absolute atomic E-state index is 0.0825. The Morgan fingerprint density at radius 3 is 2.53 bits per heavy atom. The standard InChI is InChI=1S/C14H14N2O3/c1-9-13(17)7-6-12(14(9)16(18)19)11-5-3-2-4-10(11)8-15/h2-7,17H,8,15H2,1H3. The van der Waals surface area contributed by atoms with E-state index in [0.29, 0.717) is 12.1 Å². The van der Waals surface area contributed by atoms with Gasteiger partial charge in [-0.15, -0.1) is 0 Å². The molecular formula is C14H14N2O3. The SMILES string of the molecule is Cc1c(O)ccc(-c2ccccc2CN)c1[N+](=O)[O-]. The van der Waals surface area contributed by atoms with E-state index in [2.05, 4.69) is 0 Å². The summed E-state index contributed by atoms with van der Waals surface area (Å²) in [5, 5.41) is 20.8. The zero-order valence-corrected chi connectivity index (χ0v) is 10.5. The van der Waals surface area contributed by atoms with Crippen molar-refractivity contribution in [2.75, 3.05) is 0 Å². The number of phenolic OH excluding ortho intramolecular Hbond substituents is 1. The number of aromatic hydroxyl groups is 1. The highest BCUT2D eigenvalue weighted by molar-refractivity contribution is 5.79. The van der Waals surface area contributed by atoms with Gasteiger partial charge in [-0.2, -0.15) is 0 Å². The lowest BCUT2D eigenvalue weighted by Gasteiger charge is -2.10. The fourth-order valence-corrected chi connectivity index (χ4v) is 2.10. The van der Waals surface area contributed by atoms with Gasteiger partial charge in [0, 0.05) is 6.54 Å². The minimum atomic E-state index is -0.475. The van der Waals surface area contributed by atoms with E-state index in [1.54, 1.807) is 18.2 Å². The Bertz CT molecular complexity index is 639. The van der Waals surface area contributed by atoms with Gasteiger partial charge in [0.1, 0.15) is 5.75 Å². The van der Waals surface area contributed by atoms with E-state index in [1.165, 1.54) is 13.0 Å². The Morgan fingerprint density at radius 2 is 1.89 bits per heavy atom. The topological polar surface area (TPSA) is 89.4 Å². The molecule has 0 heterocycles. The predicted octanol–water partition coefficient (Wildman–Crippen LogP) is 2.73. The van der Waals surface area contributed by atoms with Gasteiger partial charge >= 0.3 is 0 Å². The van der Waals surface area contributed by atoms with Crippen LogP contribution in [0.3, 0.4) is 0 Å². The lowest BCUT2D eigenvalue weighted by Crippen LogP contribution is -2.01. The number of hydrogen-bond acceptors (Lipinski definition) is 4. The number of rotatable bonds is 3. The third kappa shape index (κ3) is 2.28. The number of hydrogen-bond donors (Lipinski definition) is 2. The highest BCUT2D eigenvalue weighted by Gasteiger charge is 2.22. The van der Waals surface area contributed by atoms with Gasteiger partial charge in [0.2, 0.25) is 0 Å². The second-order valence-electron chi connectivity index (χ2n) is 4.22. The quantitative estimate of drug-likeness (QED) is 0.654. The normalized spacial score (nSPS) is 10.4. The summed E-state index contributed by atoms with van der Waals surface area (Å²) in [5.41, 5.74) is 7.86. The minimum Gasteiger partial charge on any atom is -0.507 e. The average Bonchev–Trinajstić information content (AvgIpc) is 2.41. The molecule has 0 aliphatic rings. The Labute approximate surface area is 110 Å². The van der Waals surface area contributed by atoms with Crippen molar-refractivity contribution in [3.05, 3.63) is 57.6 Å². The number of benzene rings is 2. The molecule has 0 fully saturated rings. The first-order valence-electron chi connectivity index (χ1n) is 5.81. The molecule has 2 aromatic rings. The Balaban J connectivity index is 2.76. The maximum absolute atomic E-state index is 11.2. The second-order valence-corrected chi connectivity index (χ2v) is 4.22. The summed E-state index contributed by atoms with van der Waals surface area (Å²) in [4.78, 5) is 10.8. The third-order valence-electron chi connectivity index (χ3n) is 3.11. The summed E-state index contributed by atoms with van der Waals surface area (Å²) in [5.74, 6) is -0.0827. The van der Waals surface area contributed by atoms with Crippen molar-refractivity contribution >= 4 is 5.69 Å². The number of nitrogens with two attached hydrogens (primary N) is 1. The van der Waals surface area contributed by atoms with Crippen LogP contribution in [0.15, 0.2) is 36.4 Å². The van der Waals surface area contributed by atoms with Crippen molar-refractivity contribution in [3.8, 4) is 16.9 Å². The first-order chi connectivity index (χ1) is 9.06. The van der Waals surface area contributed by atoms with Crippen LogP contribution >= 0.6 is 0 Å². The van der Waals surface area contributed by atoms with Crippen LogP contribution in [-0.2, 0) is 6.54 Å². The molecule has 2 aromatic carbocycles. The summed E-state index contributed by atoms with van der Waals surface area (Å²) in [7, 11) is 0. The predicted molar refractivity (Wildman–Crippen MR) is 72.8 cm³/mol. The van der Waals surface area contributed by atoms with Crippen LogP contribution in [0.2, 0.25) is 0 Å². The summed E-state index contributed by atoms with van der Waals surface area (Å²) in [6, 6.07) is 10.3. The molecular weight excluding hydrogens is 244 g/mol. The van der Waals surface area contributed by atoms with Gasteiger partial charge in [0.05, 0.1) is 16.1 Å². The molecule has 0 aliphatic heterocycles. The van der Waals surface area contributed by atoms with E-state index in [4.69, 9.17) is 5.73 Å². The maximum Gasteiger partial charge on any atom is 0.283 e. The summed E-state index contributed by atoms with van der Waals surface area (Å²) in [6.07, 6.45) is 0. The number of nitro benzene ring substituents is 1. The fourth-order valence-electron chi connectivity index (χ4n) is 2.10. The molecule has 0 aromatic heterocycles. The van der Waals surface area contributed by atoms with Crippen LogP contribution in [0.1, 0.15) is 11.1 Å². The molecule has 98 valence electrons. The molecule has 0 saturated carbocycles. The van der Waals surface area contributed by atoms with Crippen molar-refractivity contribution < 1.29 is 10.0 Å². The van der Waals surface area contributed by atoms with E-state index in [-0.39, 0.29) is 17.0 Å². The molecule has 19 heavy (non-hydrogen) atoms. The molecule has 0 saturated heterocycles. The molecule has 5 nitrogen and oxygen atoms in total. The zero-order valence-electron chi connectivity index (χ0n) is 10.5. The van der Waals surface area contributed by atoms with Crippen LogP contribution in [0, 0.1) is 17.0 Å². The summed E-state index contributed by atoms with van der Waals surface area (Å²) < 4.78 is 0. The molecule has 0 atom stereocenters. The van der Waals surface area contributed by atoms with Crippen molar-refractivity contribution in [3.63, 3.8) is 0 Å². The number of phenols is 1. The maximum atomic E-state index is 11.2. The van der Waals surface area contributed by atoms with Gasteiger partial charge < -0.3 is 10.8 Å². The van der Waals surface area contributed by atoms with E-state index in [0.717, 1.165) is 11.1 Å². The van der Waals surface area contributed by atoms with Crippen molar-refractivity contribution in [2.24, 2.45) is 5.73 Å². The van der Waals surface area contributed by atoms with Gasteiger partial charge in [0.15, 0.2) is 0 Å². The molecule has 0 spiro atoms. The monoisotopic (exact) mass is 258 g/mol. The van der Waals surface area contributed by atoms with Crippen LogP contribution < -0.4 is 5.73 Å². The van der Waals surface area contributed by atoms with Crippen LogP contribution in [0.5, 0.6) is 5.75 Å². The molecule has 3 N–H and O–H groups in total. The van der Waals surface area contributed by atoms with E-state index >= 15 is 0 Å². The molecule has 5 heteroatoms. The number of nitro groups is 1. The van der Waals surface area contributed by atoms with Gasteiger partial charge in [-0.05, 0) is 30.2 Å². The van der Waals surface area contributed by atoms with Crippen molar-refractivity contribution in [2.45, 2.75) is 13.5 Å². The molecule has 0 aliphatic carbocycles. The Kier molecular flexibility index (Phi) is 3.48. The largest absolute Gasteiger partial charge is 0.507 e. The zero-order chi connectivity index (χ0) is 14.0. The van der Waals surface area contributed by atoms with Gasteiger partial charge in [-0.1, -0.05) is 24.3 Å². The van der Waals surface area contributed by atoms with Crippen molar-refractivity contribution in [1.29, 1.82) is 0 Å². The molecule has 0 amide bonds. The van der Waals surface area contributed by atoms with E-state index < -0.39 is 4.92 Å². The lowest BCUT2D eigenvalue weighted by atomic mass is 9.96. The first-order valence-corrected chi connectivity index (χ1v) is 5.81. The molecule has 0 unspecified atom stereocenters. The third-order valence-corrected chi connectivity index (χ3v) is 3.11. The molecule has 0 bridgehead atoms. The van der Waals surface area contributed by atoms with Gasteiger partial charge in [-0.3, -0.25) is 10.1 Å². The highest BCUT2D eigenvalue weighted by Crippen LogP contribution is 2.38. The van der Waals surface area contributed by atoms with Gasteiger partial charge in [0.25, 0.3) is 5.69 Å². The summed E-state index contributed by atoms with van der Waals surface area (Å²) >= 11 is 0. The molecule has 0 radical (unpaired) electrons. The highest BCUT2D eigenvalue weighted by atomic mass is 16.6. The summed E-state index contributed by atoms with van der Waals surface area (Å²) in [6.45, 7) is 1.83. The first kappa shape index (κ1) is 13.0. The number of nitrogens with zero attached hydrogens (tertiary/aromatic N) is 1. The average molecular weight is 258 g/mol. The Hall–Kier alpha value is -2.40. The van der Waals surface area contributed by atoms with Crippen LogP contribution in [0.4, 0.5) is 5.69 Å². The Morgan fingerprint density at radius 1 is 1.21 bits per heavy atom. The fraction of sp³-hybridized carbons (Fsp3) is 0.143. The molecule has 2 rings (SSSR count).